The summed E-state index contributed by atoms with van der Waals surface area (Å²) in [7, 11) is 0. The minimum atomic E-state index is -0.139. The van der Waals surface area contributed by atoms with Crippen LogP contribution in [0.1, 0.15) is 44.8 Å². The molecule has 1 aromatic heterocycles. The number of carbonyl (C=O) groups excluding carboxylic acids is 2. The first-order chi connectivity index (χ1) is 11.9. The smallest absolute Gasteiger partial charge is 0.254 e. The lowest BCUT2D eigenvalue weighted by atomic mass is 10.1. The second-order valence-electron chi connectivity index (χ2n) is 6.88. The van der Waals surface area contributed by atoms with Crippen LogP contribution in [0.15, 0.2) is 16.0 Å². The Morgan fingerprint density at radius 2 is 1.88 bits per heavy atom. The van der Waals surface area contributed by atoms with Gasteiger partial charge in [0.15, 0.2) is 5.16 Å². The Morgan fingerprint density at radius 1 is 1.24 bits per heavy atom. The fraction of sp³-hybridized carbons (Fsp3) is 0.647. The third-order valence-electron chi connectivity index (χ3n) is 4.79. The second kappa shape index (κ2) is 7.19. The molecule has 0 aliphatic carbocycles. The van der Waals surface area contributed by atoms with Crippen molar-refractivity contribution in [2.45, 2.75) is 44.3 Å². The van der Waals surface area contributed by atoms with Crippen molar-refractivity contribution in [1.29, 1.82) is 0 Å². The van der Waals surface area contributed by atoms with E-state index in [0.717, 1.165) is 10.9 Å². The van der Waals surface area contributed by atoms with Crippen LogP contribution in [0.25, 0.3) is 0 Å². The van der Waals surface area contributed by atoms with Gasteiger partial charge >= 0.3 is 0 Å². The van der Waals surface area contributed by atoms with Crippen molar-refractivity contribution in [1.82, 2.24) is 19.4 Å². The van der Waals surface area contributed by atoms with E-state index in [1.165, 1.54) is 0 Å². The van der Waals surface area contributed by atoms with E-state index >= 15 is 0 Å². The summed E-state index contributed by atoms with van der Waals surface area (Å²) in [5.74, 6) is 0.994. The van der Waals surface area contributed by atoms with E-state index in [-0.39, 0.29) is 29.3 Å². The van der Waals surface area contributed by atoms with Crippen LogP contribution in [-0.4, -0.2) is 63.1 Å². The topological polar surface area (TPSA) is 75.5 Å². The van der Waals surface area contributed by atoms with Crippen molar-refractivity contribution < 1.29 is 9.59 Å². The molecule has 0 aromatic carbocycles. The molecule has 136 valence electrons. The zero-order valence-corrected chi connectivity index (χ0v) is 15.7. The highest BCUT2D eigenvalue weighted by molar-refractivity contribution is 7.99. The van der Waals surface area contributed by atoms with Gasteiger partial charge in [-0.3, -0.25) is 19.0 Å². The van der Waals surface area contributed by atoms with Crippen molar-refractivity contribution in [3.8, 4) is 0 Å². The Kier molecular flexibility index (Phi) is 5.17. The normalized spacial score (nSPS) is 20.1. The van der Waals surface area contributed by atoms with Crippen LogP contribution in [0.5, 0.6) is 0 Å². The molecule has 0 unspecified atom stereocenters. The lowest BCUT2D eigenvalue weighted by molar-refractivity contribution is -0.138. The summed E-state index contributed by atoms with van der Waals surface area (Å²) >= 11 is 1.54. The number of fused-ring (bicyclic) bond motifs is 1. The van der Waals surface area contributed by atoms with E-state index in [2.05, 4.69) is 4.98 Å². The summed E-state index contributed by atoms with van der Waals surface area (Å²) in [5, 5.41) is 0.718. The summed E-state index contributed by atoms with van der Waals surface area (Å²) in [6.45, 7) is 7.86. The van der Waals surface area contributed by atoms with Gasteiger partial charge in [0.1, 0.15) is 0 Å². The van der Waals surface area contributed by atoms with E-state index in [9.17, 15) is 14.4 Å². The van der Waals surface area contributed by atoms with Crippen molar-refractivity contribution >= 4 is 23.6 Å². The van der Waals surface area contributed by atoms with Gasteiger partial charge in [-0.05, 0) is 5.92 Å². The van der Waals surface area contributed by atoms with E-state index in [1.54, 1.807) is 39.1 Å². The van der Waals surface area contributed by atoms with E-state index in [1.807, 2.05) is 13.8 Å². The largest absolute Gasteiger partial charge is 0.339 e. The number of rotatable bonds is 3. The average molecular weight is 364 g/mol. The number of hydrogen-bond donors (Lipinski definition) is 0. The first-order valence-corrected chi connectivity index (χ1v) is 9.65. The van der Waals surface area contributed by atoms with Crippen molar-refractivity contribution in [3.63, 3.8) is 0 Å². The summed E-state index contributed by atoms with van der Waals surface area (Å²) < 4.78 is 1.67. The third kappa shape index (κ3) is 3.73. The van der Waals surface area contributed by atoms with Crippen LogP contribution >= 0.6 is 11.8 Å². The minimum absolute atomic E-state index is 0.0430. The molecule has 1 saturated heterocycles. The molecule has 25 heavy (non-hydrogen) atoms. The van der Waals surface area contributed by atoms with Crippen LogP contribution in [0.4, 0.5) is 0 Å². The van der Waals surface area contributed by atoms with Gasteiger partial charge in [-0.1, -0.05) is 25.6 Å². The van der Waals surface area contributed by atoms with Gasteiger partial charge in [-0.2, -0.15) is 0 Å². The Bertz CT molecular complexity index is 738. The SMILES string of the molecule is CC(=O)N1CCN(C(=O)C[C@H]2CSc3nc(C(C)C)cc(=O)n32)CC1. The Morgan fingerprint density at radius 3 is 2.48 bits per heavy atom. The number of thioether (sulfide) groups is 1. The van der Waals surface area contributed by atoms with Crippen LogP contribution in [0.3, 0.4) is 0 Å². The Labute approximate surface area is 151 Å². The molecule has 1 atom stereocenters. The van der Waals surface area contributed by atoms with Gasteiger partial charge in [0.05, 0.1) is 11.7 Å². The monoisotopic (exact) mass is 364 g/mol. The molecule has 2 amide bonds. The molecule has 8 heteroatoms. The van der Waals surface area contributed by atoms with Gasteiger partial charge in [0, 0.05) is 51.3 Å². The highest BCUT2D eigenvalue weighted by Crippen LogP contribution is 2.33. The number of amides is 2. The Hall–Kier alpha value is -1.83. The molecular weight excluding hydrogens is 340 g/mol. The molecule has 3 heterocycles. The molecule has 1 fully saturated rings. The Balaban J connectivity index is 1.67. The molecule has 7 nitrogen and oxygen atoms in total. The molecule has 2 aliphatic rings. The molecule has 0 spiro atoms. The molecular formula is C17H24N4O3S. The zero-order valence-electron chi connectivity index (χ0n) is 14.9. The lowest BCUT2D eigenvalue weighted by Gasteiger charge is -2.34. The van der Waals surface area contributed by atoms with E-state index < -0.39 is 0 Å². The maximum absolute atomic E-state index is 12.6. The third-order valence-corrected chi connectivity index (χ3v) is 5.89. The van der Waals surface area contributed by atoms with E-state index in [0.29, 0.717) is 38.4 Å². The summed E-state index contributed by atoms with van der Waals surface area (Å²) in [6.07, 6.45) is 0.308. The average Bonchev–Trinajstić information content (AvgIpc) is 2.98. The minimum Gasteiger partial charge on any atom is -0.339 e. The second-order valence-corrected chi connectivity index (χ2v) is 7.87. The fourth-order valence-electron chi connectivity index (χ4n) is 3.22. The van der Waals surface area contributed by atoms with E-state index in [4.69, 9.17) is 0 Å². The number of aromatic nitrogens is 2. The van der Waals surface area contributed by atoms with Gasteiger partial charge in [0.2, 0.25) is 11.8 Å². The number of piperazine rings is 1. The first kappa shape index (κ1) is 18.0. The van der Waals surface area contributed by atoms with Crippen LogP contribution in [0, 0.1) is 0 Å². The van der Waals surface area contributed by atoms with Gasteiger partial charge in [-0.25, -0.2) is 4.98 Å². The number of nitrogens with zero attached hydrogens (tertiary/aromatic N) is 4. The van der Waals surface area contributed by atoms with Crippen LogP contribution < -0.4 is 5.56 Å². The van der Waals surface area contributed by atoms with Crippen molar-refractivity contribution in [2.75, 3.05) is 31.9 Å². The highest BCUT2D eigenvalue weighted by atomic mass is 32.2. The lowest BCUT2D eigenvalue weighted by Crippen LogP contribution is -2.50. The fourth-order valence-corrected chi connectivity index (χ4v) is 4.37. The summed E-state index contributed by atoms with van der Waals surface area (Å²) in [4.78, 5) is 44.6. The molecule has 0 N–H and O–H groups in total. The van der Waals surface area contributed by atoms with Crippen LogP contribution in [0.2, 0.25) is 0 Å². The maximum atomic E-state index is 12.6. The quantitative estimate of drug-likeness (QED) is 0.751. The standard InChI is InChI=1S/C17H24N4O3S/c1-11(2)14-9-16(24)21-13(10-25-17(21)18-14)8-15(23)20-6-4-19(5-7-20)12(3)22/h9,11,13H,4-8,10H2,1-3H3/t13-/m0/s1. The number of hydrogen-bond acceptors (Lipinski definition) is 5. The highest BCUT2D eigenvalue weighted by Gasteiger charge is 2.30. The summed E-state index contributed by atoms with van der Waals surface area (Å²) in [5.41, 5.74) is 0.731. The van der Waals surface area contributed by atoms with Gasteiger partial charge in [-0.15, -0.1) is 0 Å². The molecule has 0 radical (unpaired) electrons. The summed E-state index contributed by atoms with van der Waals surface area (Å²) in [6, 6.07) is 1.45. The number of carbonyl (C=O) groups is 2. The zero-order chi connectivity index (χ0) is 18.1. The maximum Gasteiger partial charge on any atom is 0.254 e. The predicted molar refractivity (Wildman–Crippen MR) is 95.8 cm³/mol. The molecule has 1 aromatic rings. The molecule has 0 bridgehead atoms. The molecule has 3 rings (SSSR count). The predicted octanol–water partition coefficient (Wildman–Crippen LogP) is 1.09. The van der Waals surface area contributed by atoms with Gasteiger partial charge in [0.25, 0.3) is 5.56 Å². The van der Waals surface area contributed by atoms with Crippen LogP contribution in [-0.2, 0) is 9.59 Å². The molecule has 0 saturated carbocycles. The van der Waals surface area contributed by atoms with Crippen molar-refractivity contribution in [2.24, 2.45) is 0 Å². The molecule has 2 aliphatic heterocycles. The van der Waals surface area contributed by atoms with Crippen molar-refractivity contribution in [3.05, 3.63) is 22.1 Å². The first-order valence-electron chi connectivity index (χ1n) is 8.66. The van der Waals surface area contributed by atoms with Gasteiger partial charge < -0.3 is 9.80 Å².